The second kappa shape index (κ2) is 17.5. The average molecular weight is 628 g/mol. The first-order valence-electron chi connectivity index (χ1n) is 12.2. The fourth-order valence-electron chi connectivity index (χ4n) is 2.89. The Bertz CT molecular complexity index is 1070. The molecule has 0 unspecified atom stereocenters. The highest BCUT2D eigenvalue weighted by atomic mass is 35.5. The van der Waals surface area contributed by atoms with E-state index >= 15 is 0 Å². The SMILES string of the molecule is CC(C)[C@H](N)C(=O)SCCOP(=O)(COCCn1cnc2c(N)ncnc21)OCCSC(=O)[C@@H](N)C(C)C.Cl. The van der Waals surface area contributed by atoms with Crippen LogP contribution in [0.15, 0.2) is 12.7 Å². The summed E-state index contributed by atoms with van der Waals surface area (Å²) in [6, 6.07) is -1.17. The standard InChI is InChI=1S/C22H38N7O6PS2.ClH/c1-14(2)16(23)21(30)37-9-7-34-36(32,35-8-10-38-22(31)17(24)15(3)4)13-33-6-5-29-12-28-18-19(25)26-11-27-20(18)29;/h11-12,14-17H,5-10,13,23-24H2,1-4H3,(H2,25,26,27);1H/t16-,17-;/m0./s1. The lowest BCUT2D eigenvalue weighted by molar-refractivity contribution is -0.113. The van der Waals surface area contributed by atoms with Crippen molar-refractivity contribution in [2.45, 2.75) is 46.3 Å². The molecule has 0 spiro atoms. The van der Waals surface area contributed by atoms with Crippen LogP contribution >= 0.6 is 43.5 Å². The molecule has 39 heavy (non-hydrogen) atoms. The van der Waals surface area contributed by atoms with Gasteiger partial charge in [-0.25, -0.2) is 15.0 Å². The van der Waals surface area contributed by atoms with Crippen molar-refractivity contribution in [1.29, 1.82) is 0 Å². The molecule has 2 aromatic heterocycles. The van der Waals surface area contributed by atoms with Crippen molar-refractivity contribution >= 4 is 70.7 Å². The summed E-state index contributed by atoms with van der Waals surface area (Å²) in [7, 11) is -3.69. The minimum Gasteiger partial charge on any atom is -0.382 e. The van der Waals surface area contributed by atoms with Crippen molar-refractivity contribution in [3.05, 3.63) is 12.7 Å². The molecule has 2 atom stereocenters. The van der Waals surface area contributed by atoms with E-state index in [9.17, 15) is 14.2 Å². The molecule has 0 radical (unpaired) electrons. The summed E-state index contributed by atoms with van der Waals surface area (Å²) in [5.74, 6) is 0.810. The molecule has 2 heterocycles. The van der Waals surface area contributed by atoms with E-state index in [0.717, 1.165) is 23.5 Å². The number of nitrogens with two attached hydrogens (primary N) is 3. The molecule has 6 N–H and O–H groups in total. The summed E-state index contributed by atoms with van der Waals surface area (Å²) in [4.78, 5) is 36.5. The number of nitrogens with zero attached hydrogens (tertiary/aromatic N) is 4. The van der Waals surface area contributed by atoms with Gasteiger partial charge in [-0.2, -0.15) is 0 Å². The van der Waals surface area contributed by atoms with Crippen LogP contribution in [0.5, 0.6) is 0 Å². The lowest BCUT2D eigenvalue weighted by Crippen LogP contribution is -2.34. The van der Waals surface area contributed by atoms with Crippen molar-refractivity contribution in [2.75, 3.05) is 43.4 Å². The van der Waals surface area contributed by atoms with Gasteiger partial charge in [-0.15, -0.1) is 12.4 Å². The highest BCUT2D eigenvalue weighted by molar-refractivity contribution is 8.14. The van der Waals surface area contributed by atoms with Crippen LogP contribution in [0.3, 0.4) is 0 Å². The molecule has 0 fully saturated rings. The van der Waals surface area contributed by atoms with Crippen LogP contribution in [0.1, 0.15) is 27.7 Å². The van der Waals surface area contributed by atoms with Gasteiger partial charge in [0.2, 0.25) is 10.2 Å². The molecule has 0 bridgehead atoms. The first kappa shape index (κ1) is 35.7. The van der Waals surface area contributed by atoms with Crippen LogP contribution < -0.4 is 17.2 Å². The maximum Gasteiger partial charge on any atom is 0.356 e. The Balaban J connectivity index is 0.00000760. The zero-order chi connectivity index (χ0) is 28.3. The third-order valence-corrected chi connectivity index (χ3v) is 8.87. The molecule has 0 amide bonds. The van der Waals surface area contributed by atoms with Gasteiger partial charge in [0, 0.05) is 18.1 Å². The van der Waals surface area contributed by atoms with Crippen LogP contribution in [0.25, 0.3) is 11.2 Å². The molecule has 2 rings (SSSR count). The van der Waals surface area contributed by atoms with E-state index in [1.165, 1.54) is 6.33 Å². The van der Waals surface area contributed by atoms with Crippen molar-refractivity contribution < 1.29 is 27.9 Å². The number of nitrogen functional groups attached to an aromatic ring is 1. The van der Waals surface area contributed by atoms with Crippen molar-refractivity contribution in [3.8, 4) is 0 Å². The number of hydrogen-bond donors (Lipinski definition) is 3. The molecule has 0 aliphatic carbocycles. The fourth-order valence-corrected chi connectivity index (χ4v) is 6.11. The maximum atomic E-state index is 13.3. The Labute approximate surface area is 243 Å². The number of hydrogen-bond acceptors (Lipinski definition) is 14. The Morgan fingerprint density at radius 3 is 2.00 bits per heavy atom. The van der Waals surface area contributed by atoms with Crippen molar-refractivity contribution in [1.82, 2.24) is 19.5 Å². The number of carbonyl (C=O) groups is 2. The van der Waals surface area contributed by atoms with Gasteiger partial charge >= 0.3 is 7.60 Å². The van der Waals surface area contributed by atoms with E-state index in [2.05, 4.69) is 15.0 Å². The van der Waals surface area contributed by atoms with Crippen molar-refractivity contribution in [3.63, 3.8) is 0 Å². The van der Waals surface area contributed by atoms with E-state index in [-0.39, 0.29) is 78.0 Å². The van der Waals surface area contributed by atoms with E-state index < -0.39 is 19.7 Å². The fraction of sp³-hybridized carbons (Fsp3) is 0.682. The monoisotopic (exact) mass is 627 g/mol. The molecule has 13 nitrogen and oxygen atoms in total. The third kappa shape index (κ3) is 11.6. The molecular weight excluding hydrogens is 589 g/mol. The zero-order valence-electron chi connectivity index (χ0n) is 22.6. The summed E-state index contributed by atoms with van der Waals surface area (Å²) in [6.07, 6.45) is 2.60. The number of ether oxygens (including phenoxy) is 1. The van der Waals surface area contributed by atoms with Crippen LogP contribution in [-0.4, -0.2) is 79.5 Å². The van der Waals surface area contributed by atoms with Crippen LogP contribution in [-0.2, 0) is 34.5 Å². The molecule has 2 aromatic rings. The zero-order valence-corrected chi connectivity index (χ0v) is 25.9. The number of carbonyl (C=O) groups excluding carboxylic acids is 2. The normalized spacial score (nSPS) is 13.5. The summed E-state index contributed by atoms with van der Waals surface area (Å²) < 4.78 is 31.8. The Morgan fingerprint density at radius 1 is 0.949 bits per heavy atom. The molecule has 222 valence electrons. The first-order valence-corrected chi connectivity index (χ1v) is 15.9. The number of thioether (sulfide) groups is 2. The second-order valence-electron chi connectivity index (χ2n) is 9.06. The molecule has 0 aliphatic rings. The Morgan fingerprint density at radius 2 is 1.49 bits per heavy atom. The van der Waals surface area contributed by atoms with E-state index in [1.54, 1.807) is 10.9 Å². The number of halogens is 1. The lowest BCUT2D eigenvalue weighted by atomic mass is 10.1. The van der Waals surface area contributed by atoms with Gasteiger partial charge in [-0.3, -0.25) is 14.2 Å². The van der Waals surface area contributed by atoms with Gasteiger partial charge in [-0.05, 0) is 11.8 Å². The van der Waals surface area contributed by atoms with Gasteiger partial charge < -0.3 is 35.6 Å². The molecule has 0 saturated carbocycles. The predicted molar refractivity (Wildman–Crippen MR) is 158 cm³/mol. The highest BCUT2D eigenvalue weighted by Gasteiger charge is 2.27. The van der Waals surface area contributed by atoms with E-state index in [4.69, 9.17) is 31.0 Å². The summed E-state index contributed by atoms with van der Waals surface area (Å²) in [5, 5.41) is -0.326. The first-order chi connectivity index (χ1) is 17.9. The van der Waals surface area contributed by atoms with Gasteiger partial charge in [-0.1, -0.05) is 51.2 Å². The van der Waals surface area contributed by atoms with Gasteiger partial charge in [0.05, 0.1) is 38.2 Å². The Kier molecular flexibility index (Phi) is 16.0. The minimum absolute atomic E-state index is 0. The third-order valence-electron chi connectivity index (χ3n) is 5.37. The van der Waals surface area contributed by atoms with Gasteiger partial charge in [0.1, 0.15) is 18.2 Å². The van der Waals surface area contributed by atoms with Crippen LogP contribution in [0.4, 0.5) is 5.82 Å². The average Bonchev–Trinajstić information content (AvgIpc) is 3.30. The number of imidazole rings is 1. The number of rotatable bonds is 17. The van der Waals surface area contributed by atoms with E-state index in [1.807, 2.05) is 27.7 Å². The molecular formula is C22H39ClN7O6PS2. The quantitative estimate of drug-likeness (QED) is 0.170. The molecule has 17 heteroatoms. The summed E-state index contributed by atoms with van der Waals surface area (Å²) in [6.45, 7) is 7.98. The summed E-state index contributed by atoms with van der Waals surface area (Å²) in [5.41, 5.74) is 18.6. The molecule has 0 saturated heterocycles. The highest BCUT2D eigenvalue weighted by Crippen LogP contribution is 2.48. The predicted octanol–water partition coefficient (Wildman–Crippen LogP) is 2.52. The number of aromatic nitrogens is 4. The maximum absolute atomic E-state index is 13.3. The van der Waals surface area contributed by atoms with Gasteiger partial charge in [0.15, 0.2) is 11.5 Å². The van der Waals surface area contributed by atoms with Crippen LogP contribution in [0, 0.1) is 11.8 Å². The van der Waals surface area contributed by atoms with E-state index in [0.29, 0.717) is 17.7 Å². The molecule has 0 aromatic carbocycles. The number of fused-ring (bicyclic) bond motifs is 1. The van der Waals surface area contributed by atoms with Gasteiger partial charge in [0.25, 0.3) is 0 Å². The summed E-state index contributed by atoms with van der Waals surface area (Å²) >= 11 is 2.04. The number of anilines is 1. The second-order valence-corrected chi connectivity index (χ2v) is 13.3. The lowest BCUT2D eigenvalue weighted by Gasteiger charge is -2.19. The smallest absolute Gasteiger partial charge is 0.356 e. The minimum atomic E-state index is -3.69. The van der Waals surface area contributed by atoms with Crippen molar-refractivity contribution in [2.24, 2.45) is 23.3 Å². The Hall–Kier alpha value is -1.29. The topological polar surface area (TPSA) is 201 Å². The van der Waals surface area contributed by atoms with Crippen LogP contribution in [0.2, 0.25) is 0 Å². The molecule has 0 aliphatic heterocycles. The largest absolute Gasteiger partial charge is 0.382 e.